The Morgan fingerprint density at radius 2 is 2.00 bits per heavy atom. The zero-order valence-electron chi connectivity index (χ0n) is 18.9. The van der Waals surface area contributed by atoms with E-state index in [2.05, 4.69) is 15.6 Å². The van der Waals surface area contributed by atoms with Crippen LogP contribution in [-0.4, -0.2) is 80.9 Å². The molecular formula is C21H26N4O8S2. The standard InChI is InChI=1S/C21H26N4O8S2/c1-34(29,30)12-8-17(24-20(27)15-7-11-33-14-15)21(28)23-16-5-4-10-25(13-18(16)26)35(31,32)19-6-2-3-9-22-19/h2-3,6-7,9,11,14,16-17H,4-5,8,10,12-13H2,1H3,(H,23,28)(H,24,27)/t16?,17-/m0/s1. The minimum Gasteiger partial charge on any atom is -0.472 e. The number of carbonyl (C=O) groups excluding carboxylic acids is 3. The van der Waals surface area contributed by atoms with E-state index < -0.39 is 56.1 Å². The predicted octanol–water partition coefficient (Wildman–Crippen LogP) is -0.254. The van der Waals surface area contributed by atoms with Crippen LogP contribution in [0.5, 0.6) is 0 Å². The fraction of sp³-hybridized carbons (Fsp3) is 0.429. The molecule has 0 spiro atoms. The molecule has 3 heterocycles. The molecule has 14 heteroatoms. The summed E-state index contributed by atoms with van der Waals surface area (Å²) < 4.78 is 54.8. The van der Waals surface area contributed by atoms with Gasteiger partial charge in [0.1, 0.15) is 22.1 Å². The summed E-state index contributed by atoms with van der Waals surface area (Å²) >= 11 is 0. The van der Waals surface area contributed by atoms with E-state index in [1.807, 2.05) is 0 Å². The van der Waals surface area contributed by atoms with Crippen LogP contribution in [0.25, 0.3) is 0 Å². The lowest BCUT2D eigenvalue weighted by Gasteiger charge is -2.22. The summed E-state index contributed by atoms with van der Waals surface area (Å²) in [6.45, 7) is -0.398. The van der Waals surface area contributed by atoms with Gasteiger partial charge in [-0.15, -0.1) is 0 Å². The number of Topliss-reactive ketones (excluding diaryl/α,β-unsaturated/α-hetero) is 1. The molecule has 2 N–H and O–H groups in total. The van der Waals surface area contributed by atoms with Crippen LogP contribution >= 0.6 is 0 Å². The van der Waals surface area contributed by atoms with Gasteiger partial charge in [-0.3, -0.25) is 14.4 Å². The Hall–Kier alpha value is -3.10. The molecule has 1 fully saturated rings. The quantitative estimate of drug-likeness (QED) is 0.446. The Kier molecular flexibility index (Phi) is 8.40. The largest absolute Gasteiger partial charge is 0.472 e. The van der Waals surface area contributed by atoms with Gasteiger partial charge >= 0.3 is 0 Å². The maximum Gasteiger partial charge on any atom is 0.260 e. The molecule has 2 aromatic heterocycles. The van der Waals surface area contributed by atoms with Crippen molar-refractivity contribution in [2.45, 2.75) is 36.4 Å². The zero-order chi connectivity index (χ0) is 25.6. The van der Waals surface area contributed by atoms with Crippen molar-refractivity contribution in [2.75, 3.05) is 25.1 Å². The highest BCUT2D eigenvalue weighted by Gasteiger charge is 2.34. The van der Waals surface area contributed by atoms with Gasteiger partial charge in [-0.25, -0.2) is 21.8 Å². The molecule has 2 amide bonds. The number of hydrogen-bond acceptors (Lipinski definition) is 9. The molecule has 0 aromatic carbocycles. The number of hydrogen-bond donors (Lipinski definition) is 2. The monoisotopic (exact) mass is 526 g/mol. The topological polar surface area (TPSA) is 173 Å². The molecule has 0 aliphatic carbocycles. The third kappa shape index (κ3) is 7.19. The van der Waals surface area contributed by atoms with Crippen LogP contribution in [0.2, 0.25) is 0 Å². The van der Waals surface area contributed by atoms with Gasteiger partial charge in [-0.1, -0.05) is 6.07 Å². The van der Waals surface area contributed by atoms with E-state index in [4.69, 9.17) is 4.42 Å². The second kappa shape index (κ2) is 11.1. The van der Waals surface area contributed by atoms with Crippen molar-refractivity contribution < 1.29 is 35.6 Å². The molecule has 2 aromatic rings. The van der Waals surface area contributed by atoms with E-state index in [-0.39, 0.29) is 42.1 Å². The summed E-state index contributed by atoms with van der Waals surface area (Å²) in [5, 5.41) is 4.83. The van der Waals surface area contributed by atoms with Gasteiger partial charge in [0, 0.05) is 19.0 Å². The van der Waals surface area contributed by atoms with Crippen LogP contribution in [0.3, 0.4) is 0 Å². The molecule has 3 rings (SSSR count). The molecule has 0 radical (unpaired) electrons. The maximum absolute atomic E-state index is 13.0. The molecule has 0 bridgehead atoms. The van der Waals surface area contributed by atoms with Gasteiger partial charge in [0.2, 0.25) is 5.91 Å². The number of nitrogens with zero attached hydrogens (tertiary/aromatic N) is 2. The van der Waals surface area contributed by atoms with Crippen LogP contribution in [0.15, 0.2) is 52.4 Å². The third-order valence-electron chi connectivity index (χ3n) is 5.36. The van der Waals surface area contributed by atoms with Gasteiger partial charge in [-0.2, -0.15) is 4.31 Å². The molecule has 1 aliphatic rings. The Balaban J connectivity index is 1.70. The van der Waals surface area contributed by atoms with E-state index in [1.54, 1.807) is 6.07 Å². The number of nitrogens with one attached hydrogen (secondary N) is 2. The number of sulfone groups is 1. The summed E-state index contributed by atoms with van der Waals surface area (Å²) in [5.74, 6) is -2.29. The lowest BCUT2D eigenvalue weighted by Crippen LogP contribution is -2.52. The van der Waals surface area contributed by atoms with Gasteiger partial charge < -0.3 is 15.1 Å². The number of aromatic nitrogens is 1. The Morgan fingerprint density at radius 1 is 1.23 bits per heavy atom. The van der Waals surface area contributed by atoms with Crippen molar-refractivity contribution in [3.05, 3.63) is 48.6 Å². The SMILES string of the molecule is CS(=O)(=O)CC[C@H](NC(=O)c1ccoc1)C(=O)NC1CCCN(S(=O)(=O)c2ccccn2)CC1=O. The molecule has 1 saturated heterocycles. The number of sulfonamides is 1. The van der Waals surface area contributed by atoms with Crippen molar-refractivity contribution >= 4 is 37.5 Å². The highest BCUT2D eigenvalue weighted by Crippen LogP contribution is 2.18. The Bertz CT molecular complexity index is 1260. The first-order valence-electron chi connectivity index (χ1n) is 10.7. The van der Waals surface area contributed by atoms with Crippen LogP contribution in [0, 0.1) is 0 Å². The number of ketones is 1. The molecule has 190 valence electrons. The average Bonchev–Trinajstić information content (AvgIpc) is 3.28. The number of carbonyl (C=O) groups is 3. The molecule has 2 atom stereocenters. The normalized spacial score (nSPS) is 18.4. The summed E-state index contributed by atoms with van der Waals surface area (Å²) in [4.78, 5) is 42.1. The molecule has 0 saturated carbocycles. The van der Waals surface area contributed by atoms with Crippen molar-refractivity contribution in [1.29, 1.82) is 0 Å². The predicted molar refractivity (Wildman–Crippen MR) is 123 cm³/mol. The number of furan rings is 1. The fourth-order valence-corrected chi connectivity index (χ4v) is 5.53. The summed E-state index contributed by atoms with van der Waals surface area (Å²) in [5.41, 5.74) is 0.142. The van der Waals surface area contributed by atoms with Crippen LogP contribution in [0.4, 0.5) is 0 Å². The number of rotatable bonds is 9. The zero-order valence-corrected chi connectivity index (χ0v) is 20.5. The van der Waals surface area contributed by atoms with E-state index in [1.165, 1.54) is 36.9 Å². The second-order valence-electron chi connectivity index (χ2n) is 8.13. The Labute approximate surface area is 203 Å². The lowest BCUT2D eigenvalue weighted by molar-refractivity contribution is -0.128. The summed E-state index contributed by atoms with van der Waals surface area (Å²) in [6.07, 6.45) is 5.04. The third-order valence-corrected chi connectivity index (χ3v) is 8.10. The van der Waals surface area contributed by atoms with E-state index >= 15 is 0 Å². The summed E-state index contributed by atoms with van der Waals surface area (Å²) in [6, 6.07) is 3.57. The lowest BCUT2D eigenvalue weighted by atomic mass is 10.1. The van der Waals surface area contributed by atoms with Gasteiger partial charge in [-0.05, 0) is 37.5 Å². The average molecular weight is 527 g/mol. The first kappa shape index (κ1) is 26.5. The minimum atomic E-state index is -4.00. The fourth-order valence-electron chi connectivity index (χ4n) is 3.49. The first-order valence-corrected chi connectivity index (χ1v) is 14.2. The summed E-state index contributed by atoms with van der Waals surface area (Å²) in [7, 11) is -7.43. The van der Waals surface area contributed by atoms with Gasteiger partial charge in [0.15, 0.2) is 10.8 Å². The van der Waals surface area contributed by atoms with Crippen LogP contribution in [-0.2, 0) is 29.4 Å². The van der Waals surface area contributed by atoms with Crippen molar-refractivity contribution in [3.8, 4) is 0 Å². The van der Waals surface area contributed by atoms with E-state index in [0.29, 0.717) is 0 Å². The Morgan fingerprint density at radius 3 is 2.63 bits per heavy atom. The molecular weight excluding hydrogens is 500 g/mol. The van der Waals surface area contributed by atoms with E-state index in [0.717, 1.165) is 10.6 Å². The molecule has 35 heavy (non-hydrogen) atoms. The maximum atomic E-state index is 13.0. The van der Waals surface area contributed by atoms with E-state index in [9.17, 15) is 31.2 Å². The van der Waals surface area contributed by atoms with Crippen LogP contribution < -0.4 is 10.6 Å². The van der Waals surface area contributed by atoms with Crippen LogP contribution in [0.1, 0.15) is 29.6 Å². The van der Waals surface area contributed by atoms with Gasteiger partial charge in [0.05, 0.1) is 30.2 Å². The van der Waals surface area contributed by atoms with Gasteiger partial charge in [0.25, 0.3) is 15.9 Å². The second-order valence-corrected chi connectivity index (χ2v) is 12.3. The van der Waals surface area contributed by atoms with Crippen molar-refractivity contribution in [1.82, 2.24) is 19.9 Å². The molecule has 12 nitrogen and oxygen atoms in total. The minimum absolute atomic E-state index is 0.0613. The van der Waals surface area contributed by atoms with Crippen molar-refractivity contribution in [2.24, 2.45) is 0 Å². The highest BCUT2D eigenvalue weighted by atomic mass is 32.2. The smallest absolute Gasteiger partial charge is 0.260 e. The highest BCUT2D eigenvalue weighted by molar-refractivity contribution is 7.90. The van der Waals surface area contributed by atoms with Crippen molar-refractivity contribution in [3.63, 3.8) is 0 Å². The molecule has 1 unspecified atom stereocenters. The molecule has 1 aliphatic heterocycles. The number of amides is 2. The first-order chi connectivity index (χ1) is 16.5. The number of pyridine rings is 1.